The van der Waals surface area contributed by atoms with Crippen molar-refractivity contribution in [1.29, 1.82) is 0 Å². The van der Waals surface area contributed by atoms with Gasteiger partial charge in [0, 0.05) is 5.69 Å². The number of carbonyl (C=O) groups excluding carboxylic acids is 4. The lowest BCUT2D eigenvalue weighted by Gasteiger charge is -2.21. The first-order chi connectivity index (χ1) is 15.6. The molecule has 0 saturated carbocycles. The number of nitrogens with one attached hydrogen (secondary N) is 2. The molecule has 0 fully saturated rings. The Hall–Kier alpha value is -3.50. The quantitative estimate of drug-likeness (QED) is 0.351. The number of rotatable bonds is 10. The lowest BCUT2D eigenvalue weighted by atomic mass is 10.1. The average Bonchev–Trinajstić information content (AvgIpc) is 2.80. The standard InChI is InChI=1S/C23H29N3O6Si/c1-32-18-9-5-16(6-10-18)22(25-20(29)13-26(15-28)21(30)14-27)23(31)24-17-7-11-19(12-8-17)33(2,3)4/h5-12,15,22,27H,13-14H2,1-4H3,(H,24,31)(H,25,29). The fraction of sp³-hybridized carbons (Fsp3) is 0.304. The van der Waals surface area contributed by atoms with Crippen LogP contribution in [0.1, 0.15) is 11.6 Å². The highest BCUT2D eigenvalue weighted by molar-refractivity contribution is 6.88. The third kappa shape index (κ3) is 7.26. The van der Waals surface area contributed by atoms with E-state index in [0.29, 0.717) is 21.9 Å². The second kappa shape index (κ2) is 11.4. The highest BCUT2D eigenvalue weighted by atomic mass is 28.3. The highest BCUT2D eigenvalue weighted by Crippen LogP contribution is 2.20. The summed E-state index contributed by atoms with van der Waals surface area (Å²) in [5.74, 6) is -1.59. The number of amides is 4. The van der Waals surface area contributed by atoms with Crippen molar-refractivity contribution in [3.8, 4) is 5.75 Å². The summed E-state index contributed by atoms with van der Waals surface area (Å²) < 4.78 is 5.14. The van der Waals surface area contributed by atoms with E-state index in [2.05, 4.69) is 30.3 Å². The first-order valence-electron chi connectivity index (χ1n) is 10.3. The van der Waals surface area contributed by atoms with E-state index >= 15 is 0 Å². The van der Waals surface area contributed by atoms with Crippen molar-refractivity contribution in [3.05, 3.63) is 54.1 Å². The van der Waals surface area contributed by atoms with E-state index in [9.17, 15) is 19.2 Å². The lowest BCUT2D eigenvalue weighted by Crippen LogP contribution is -2.44. The fourth-order valence-electron chi connectivity index (χ4n) is 3.00. The Balaban J connectivity index is 2.24. The minimum Gasteiger partial charge on any atom is -0.497 e. The van der Waals surface area contributed by atoms with Gasteiger partial charge in [-0.15, -0.1) is 0 Å². The zero-order valence-electron chi connectivity index (χ0n) is 19.1. The molecule has 176 valence electrons. The maximum absolute atomic E-state index is 13.1. The van der Waals surface area contributed by atoms with Gasteiger partial charge in [-0.05, 0) is 29.8 Å². The molecule has 2 aromatic rings. The van der Waals surface area contributed by atoms with Crippen LogP contribution in [-0.2, 0) is 19.2 Å². The predicted octanol–water partition coefficient (Wildman–Crippen LogP) is 1.01. The Morgan fingerprint density at radius 3 is 2.15 bits per heavy atom. The lowest BCUT2D eigenvalue weighted by molar-refractivity contribution is -0.144. The van der Waals surface area contributed by atoms with E-state index < -0.39 is 45.0 Å². The zero-order chi connectivity index (χ0) is 24.6. The highest BCUT2D eigenvalue weighted by Gasteiger charge is 2.25. The number of hydrogen-bond donors (Lipinski definition) is 3. The molecule has 0 bridgehead atoms. The smallest absolute Gasteiger partial charge is 0.255 e. The van der Waals surface area contributed by atoms with Crippen LogP contribution in [0.5, 0.6) is 5.75 Å². The number of methoxy groups -OCH3 is 1. The van der Waals surface area contributed by atoms with Crippen molar-refractivity contribution in [3.63, 3.8) is 0 Å². The van der Waals surface area contributed by atoms with Gasteiger partial charge in [0.1, 0.15) is 24.9 Å². The van der Waals surface area contributed by atoms with E-state index in [1.54, 1.807) is 24.3 Å². The number of ether oxygens (including phenoxy) is 1. The van der Waals surface area contributed by atoms with E-state index in [1.165, 1.54) is 12.3 Å². The van der Waals surface area contributed by atoms with Crippen LogP contribution in [0.2, 0.25) is 19.6 Å². The Morgan fingerprint density at radius 2 is 1.67 bits per heavy atom. The minimum atomic E-state index is -1.49. The third-order valence-corrected chi connectivity index (χ3v) is 7.00. The summed E-state index contributed by atoms with van der Waals surface area (Å²) in [7, 11) is 0.0176. The number of aliphatic hydroxyl groups is 1. The number of nitrogens with zero attached hydrogens (tertiary/aromatic N) is 1. The molecule has 0 aliphatic rings. The van der Waals surface area contributed by atoms with Gasteiger partial charge in [0.15, 0.2) is 0 Å². The Morgan fingerprint density at radius 1 is 1.06 bits per heavy atom. The molecule has 2 rings (SSSR count). The predicted molar refractivity (Wildman–Crippen MR) is 127 cm³/mol. The Kier molecular flexibility index (Phi) is 8.89. The molecule has 0 saturated heterocycles. The van der Waals surface area contributed by atoms with Crippen LogP contribution in [0.3, 0.4) is 0 Å². The largest absolute Gasteiger partial charge is 0.497 e. The summed E-state index contributed by atoms with van der Waals surface area (Å²) in [4.78, 5) is 48.7. The van der Waals surface area contributed by atoms with Gasteiger partial charge in [-0.25, -0.2) is 0 Å². The Labute approximate surface area is 193 Å². The molecule has 0 spiro atoms. The van der Waals surface area contributed by atoms with Crippen LogP contribution >= 0.6 is 0 Å². The first-order valence-corrected chi connectivity index (χ1v) is 13.8. The molecule has 10 heteroatoms. The summed E-state index contributed by atoms with van der Waals surface area (Å²) >= 11 is 0. The van der Waals surface area contributed by atoms with Crippen molar-refractivity contribution in [2.45, 2.75) is 25.7 Å². The molecule has 33 heavy (non-hydrogen) atoms. The van der Waals surface area contributed by atoms with Gasteiger partial charge in [0.2, 0.25) is 12.3 Å². The molecule has 9 nitrogen and oxygen atoms in total. The van der Waals surface area contributed by atoms with E-state index in [0.717, 1.165) is 0 Å². The van der Waals surface area contributed by atoms with Gasteiger partial charge in [-0.1, -0.05) is 49.1 Å². The topological polar surface area (TPSA) is 125 Å². The maximum Gasteiger partial charge on any atom is 0.255 e. The number of aliphatic hydroxyl groups excluding tert-OH is 1. The SMILES string of the molecule is COc1ccc(C(NC(=O)CN(C=O)C(=O)CO)C(=O)Nc2ccc([Si](C)(C)C)cc2)cc1. The van der Waals surface area contributed by atoms with Crippen molar-refractivity contribution in [2.75, 3.05) is 25.6 Å². The molecular formula is C23H29N3O6Si. The van der Waals surface area contributed by atoms with Crippen molar-refractivity contribution in [2.24, 2.45) is 0 Å². The van der Waals surface area contributed by atoms with Gasteiger partial charge >= 0.3 is 0 Å². The van der Waals surface area contributed by atoms with Crippen molar-refractivity contribution < 1.29 is 29.0 Å². The van der Waals surface area contributed by atoms with Crippen LogP contribution in [0.25, 0.3) is 0 Å². The summed E-state index contributed by atoms with van der Waals surface area (Å²) in [6.45, 7) is 5.12. The Bertz CT molecular complexity index is 987. The molecule has 2 aromatic carbocycles. The molecule has 1 unspecified atom stereocenters. The van der Waals surface area contributed by atoms with Gasteiger partial charge in [-0.3, -0.25) is 24.1 Å². The van der Waals surface area contributed by atoms with Crippen molar-refractivity contribution >= 4 is 43.1 Å². The zero-order valence-corrected chi connectivity index (χ0v) is 20.1. The number of benzene rings is 2. The second-order valence-electron chi connectivity index (χ2n) is 8.38. The number of hydrogen-bond acceptors (Lipinski definition) is 6. The molecule has 3 N–H and O–H groups in total. The summed E-state index contributed by atoms with van der Waals surface area (Å²) in [6.07, 6.45) is 0.153. The van der Waals surface area contributed by atoms with Crippen LogP contribution < -0.4 is 20.6 Å². The van der Waals surface area contributed by atoms with Gasteiger partial charge in [0.25, 0.3) is 11.8 Å². The molecule has 0 aromatic heterocycles. The maximum atomic E-state index is 13.1. The number of anilines is 1. The fourth-order valence-corrected chi connectivity index (χ4v) is 4.17. The van der Waals surface area contributed by atoms with E-state index in [-0.39, 0.29) is 6.41 Å². The molecular weight excluding hydrogens is 442 g/mol. The average molecular weight is 472 g/mol. The first kappa shape index (κ1) is 25.8. The number of imide groups is 1. The second-order valence-corrected chi connectivity index (χ2v) is 13.5. The van der Waals surface area contributed by atoms with Crippen LogP contribution in [0, 0.1) is 0 Å². The summed E-state index contributed by atoms with van der Waals surface area (Å²) in [5.41, 5.74) is 1.05. The molecule has 1 atom stereocenters. The van der Waals surface area contributed by atoms with Gasteiger partial charge < -0.3 is 20.5 Å². The van der Waals surface area contributed by atoms with Gasteiger partial charge in [-0.2, -0.15) is 0 Å². The summed E-state index contributed by atoms with van der Waals surface area (Å²) in [6, 6.07) is 13.0. The number of carbonyl (C=O) groups is 4. The minimum absolute atomic E-state index is 0.153. The van der Waals surface area contributed by atoms with Crippen LogP contribution in [0.15, 0.2) is 48.5 Å². The summed E-state index contributed by atoms with van der Waals surface area (Å²) in [5, 5.41) is 15.5. The molecule has 0 aliphatic heterocycles. The molecule has 0 radical (unpaired) electrons. The van der Waals surface area contributed by atoms with Crippen LogP contribution in [0.4, 0.5) is 5.69 Å². The van der Waals surface area contributed by atoms with Gasteiger partial charge in [0.05, 0.1) is 15.2 Å². The normalized spacial score (nSPS) is 11.8. The monoisotopic (exact) mass is 471 g/mol. The van der Waals surface area contributed by atoms with E-state index in [4.69, 9.17) is 9.84 Å². The molecule has 0 aliphatic carbocycles. The van der Waals surface area contributed by atoms with Crippen LogP contribution in [-0.4, -0.2) is 62.5 Å². The van der Waals surface area contributed by atoms with Crippen molar-refractivity contribution in [1.82, 2.24) is 10.2 Å². The molecule has 0 heterocycles. The van der Waals surface area contributed by atoms with E-state index in [1.807, 2.05) is 24.3 Å². The third-order valence-electron chi connectivity index (χ3n) is 4.93. The molecule has 4 amide bonds.